The maximum absolute atomic E-state index is 12.9. The van der Waals surface area contributed by atoms with Crippen LogP contribution in [0.2, 0.25) is 0 Å². The lowest BCUT2D eigenvalue weighted by Gasteiger charge is -2.18. The molecule has 7 heteroatoms. The van der Waals surface area contributed by atoms with E-state index in [0.29, 0.717) is 11.3 Å². The first kappa shape index (κ1) is 17.3. The van der Waals surface area contributed by atoms with Crippen LogP contribution >= 0.6 is 0 Å². The number of hydrogen-bond donors (Lipinski definition) is 1. The summed E-state index contributed by atoms with van der Waals surface area (Å²) in [7, 11) is 0. The second-order valence-electron chi connectivity index (χ2n) is 7.72. The third kappa shape index (κ3) is 3.16. The van der Waals surface area contributed by atoms with E-state index in [-0.39, 0.29) is 5.91 Å². The van der Waals surface area contributed by atoms with E-state index in [9.17, 15) is 4.79 Å². The lowest BCUT2D eigenvalue weighted by atomic mass is 9.94. The number of hydrazone groups is 1. The predicted octanol–water partition coefficient (Wildman–Crippen LogP) is 2.70. The minimum atomic E-state index is -0.144. The van der Waals surface area contributed by atoms with E-state index in [1.54, 1.807) is 18.6 Å². The molecule has 0 bridgehead atoms. The monoisotopic (exact) mass is 376 g/mol. The van der Waals surface area contributed by atoms with Crippen molar-refractivity contribution in [2.45, 2.75) is 45.1 Å². The first-order valence-electron chi connectivity index (χ1n) is 10.1. The molecule has 2 aromatic rings. The molecule has 1 saturated heterocycles. The minimum absolute atomic E-state index is 0.144. The van der Waals surface area contributed by atoms with Crippen molar-refractivity contribution in [1.29, 1.82) is 0 Å². The maximum Gasteiger partial charge on any atom is 0.280 e. The van der Waals surface area contributed by atoms with Gasteiger partial charge in [0.2, 0.25) is 0 Å². The first-order chi connectivity index (χ1) is 13.8. The molecule has 2 aromatic heterocycles. The van der Waals surface area contributed by atoms with E-state index in [2.05, 4.69) is 25.0 Å². The molecular weight excluding hydrogens is 352 g/mol. The smallest absolute Gasteiger partial charge is 0.280 e. The molecule has 1 aliphatic carbocycles. The molecule has 1 N–H and O–H groups in total. The van der Waals surface area contributed by atoms with E-state index in [0.717, 1.165) is 38.2 Å². The Morgan fingerprint density at radius 2 is 1.86 bits per heavy atom. The highest BCUT2D eigenvalue weighted by Crippen LogP contribution is 2.31. The number of likely N-dealkylation sites (tertiary alicyclic amines) is 1. The van der Waals surface area contributed by atoms with Crippen LogP contribution in [0.4, 0.5) is 5.69 Å². The SMILES string of the molecule is O=C1/C(=C/c2[nH]c3c(c2CN2CCCC2)CCCC3)C=NN1c1cncnc1. The van der Waals surface area contributed by atoms with Gasteiger partial charge in [-0.25, -0.2) is 9.97 Å². The van der Waals surface area contributed by atoms with Gasteiger partial charge in [0.25, 0.3) is 5.91 Å². The van der Waals surface area contributed by atoms with E-state index in [1.165, 1.54) is 53.8 Å². The molecule has 28 heavy (non-hydrogen) atoms. The average Bonchev–Trinajstić information content (AvgIpc) is 3.45. The van der Waals surface area contributed by atoms with E-state index in [1.807, 2.05) is 6.08 Å². The molecule has 144 valence electrons. The molecule has 5 rings (SSSR count). The van der Waals surface area contributed by atoms with Crippen molar-refractivity contribution in [2.24, 2.45) is 5.10 Å². The van der Waals surface area contributed by atoms with Gasteiger partial charge in [0, 0.05) is 17.9 Å². The Morgan fingerprint density at radius 3 is 2.68 bits per heavy atom. The van der Waals surface area contributed by atoms with Gasteiger partial charge in [-0.1, -0.05) is 0 Å². The van der Waals surface area contributed by atoms with Gasteiger partial charge in [-0.2, -0.15) is 10.1 Å². The van der Waals surface area contributed by atoms with Crippen molar-refractivity contribution in [2.75, 3.05) is 18.1 Å². The topological polar surface area (TPSA) is 77.5 Å². The molecule has 0 spiro atoms. The molecule has 0 atom stereocenters. The second-order valence-corrected chi connectivity index (χ2v) is 7.72. The van der Waals surface area contributed by atoms with Crippen LogP contribution in [-0.2, 0) is 24.2 Å². The lowest BCUT2D eigenvalue weighted by Crippen LogP contribution is -2.21. The van der Waals surface area contributed by atoms with Gasteiger partial charge in [-0.3, -0.25) is 9.69 Å². The number of carbonyl (C=O) groups is 1. The van der Waals surface area contributed by atoms with E-state index >= 15 is 0 Å². The van der Waals surface area contributed by atoms with Gasteiger partial charge in [0.1, 0.15) is 12.0 Å². The summed E-state index contributed by atoms with van der Waals surface area (Å²) in [5.41, 5.74) is 6.43. The summed E-state index contributed by atoms with van der Waals surface area (Å²) >= 11 is 0. The molecular formula is C21H24N6O. The van der Waals surface area contributed by atoms with Gasteiger partial charge in [0.15, 0.2) is 0 Å². The molecule has 0 radical (unpaired) electrons. The number of carbonyl (C=O) groups excluding carboxylic acids is 1. The average molecular weight is 376 g/mol. The Bertz CT molecular complexity index is 939. The van der Waals surface area contributed by atoms with Crippen LogP contribution in [0.1, 0.15) is 48.2 Å². The number of H-pyrrole nitrogens is 1. The molecule has 7 nitrogen and oxygen atoms in total. The van der Waals surface area contributed by atoms with E-state index in [4.69, 9.17) is 0 Å². The Hall–Kier alpha value is -2.80. The van der Waals surface area contributed by atoms with Crippen LogP contribution in [0.5, 0.6) is 0 Å². The number of aromatic amines is 1. The number of nitrogens with zero attached hydrogens (tertiary/aromatic N) is 5. The van der Waals surface area contributed by atoms with Gasteiger partial charge >= 0.3 is 0 Å². The van der Waals surface area contributed by atoms with Gasteiger partial charge in [-0.05, 0) is 68.8 Å². The normalized spacial score (nSPS) is 21.1. The molecule has 4 heterocycles. The van der Waals surface area contributed by atoms with Crippen LogP contribution in [0, 0.1) is 0 Å². The highest BCUT2D eigenvalue weighted by Gasteiger charge is 2.27. The molecule has 1 amide bonds. The molecule has 1 fully saturated rings. The zero-order chi connectivity index (χ0) is 18.9. The minimum Gasteiger partial charge on any atom is -0.358 e. The summed E-state index contributed by atoms with van der Waals surface area (Å²) in [6.45, 7) is 3.29. The summed E-state index contributed by atoms with van der Waals surface area (Å²) in [6.07, 6.45) is 15.5. The van der Waals surface area contributed by atoms with Crippen molar-refractivity contribution < 1.29 is 4.79 Å². The number of hydrogen-bond acceptors (Lipinski definition) is 5. The van der Waals surface area contributed by atoms with Crippen LogP contribution in [0.3, 0.4) is 0 Å². The third-order valence-corrected chi connectivity index (χ3v) is 5.87. The molecule has 0 unspecified atom stereocenters. The second kappa shape index (κ2) is 7.31. The fraction of sp³-hybridized carbons (Fsp3) is 0.429. The first-order valence-corrected chi connectivity index (χ1v) is 10.1. The number of rotatable bonds is 4. The maximum atomic E-state index is 12.9. The van der Waals surface area contributed by atoms with Gasteiger partial charge < -0.3 is 4.98 Å². The van der Waals surface area contributed by atoms with Crippen LogP contribution in [-0.4, -0.2) is 45.1 Å². The van der Waals surface area contributed by atoms with Crippen LogP contribution in [0.15, 0.2) is 29.4 Å². The van der Waals surface area contributed by atoms with Crippen molar-refractivity contribution in [3.8, 4) is 0 Å². The molecule has 3 aliphatic rings. The summed E-state index contributed by atoms with van der Waals surface area (Å²) in [5, 5.41) is 5.62. The van der Waals surface area contributed by atoms with Gasteiger partial charge in [0.05, 0.1) is 24.2 Å². The molecule has 2 aliphatic heterocycles. The van der Waals surface area contributed by atoms with Gasteiger partial charge in [-0.15, -0.1) is 0 Å². The largest absolute Gasteiger partial charge is 0.358 e. The standard InChI is InChI=1S/C21H24N6O/c28-21-15(10-24-27(21)16-11-22-14-23-12-16)9-20-18(13-26-7-3-4-8-26)17-5-1-2-6-19(17)25-20/h9-12,14,25H,1-8,13H2/b15-9+. The zero-order valence-corrected chi connectivity index (χ0v) is 15.9. The quantitative estimate of drug-likeness (QED) is 0.833. The number of nitrogens with one attached hydrogen (secondary N) is 1. The number of fused-ring (bicyclic) bond motifs is 1. The Balaban J connectivity index is 1.47. The number of anilines is 1. The summed E-state index contributed by atoms with van der Waals surface area (Å²) in [6, 6.07) is 0. The summed E-state index contributed by atoms with van der Waals surface area (Å²) in [4.78, 5) is 27.0. The van der Waals surface area contributed by atoms with E-state index < -0.39 is 0 Å². The fourth-order valence-electron chi connectivity index (χ4n) is 4.43. The number of aryl methyl sites for hydroxylation is 1. The van der Waals surface area contributed by atoms with Crippen LogP contribution in [0.25, 0.3) is 6.08 Å². The summed E-state index contributed by atoms with van der Waals surface area (Å²) < 4.78 is 0. The highest BCUT2D eigenvalue weighted by atomic mass is 16.2. The predicted molar refractivity (Wildman–Crippen MR) is 108 cm³/mol. The highest BCUT2D eigenvalue weighted by molar-refractivity contribution is 6.25. The number of amides is 1. The Labute approximate surface area is 164 Å². The van der Waals surface area contributed by atoms with Crippen molar-refractivity contribution in [3.63, 3.8) is 0 Å². The molecule has 0 saturated carbocycles. The third-order valence-electron chi connectivity index (χ3n) is 5.87. The van der Waals surface area contributed by atoms with Crippen molar-refractivity contribution >= 4 is 23.9 Å². The Kier molecular flexibility index (Phi) is 4.52. The fourth-order valence-corrected chi connectivity index (χ4v) is 4.43. The van der Waals surface area contributed by atoms with Crippen LogP contribution < -0.4 is 5.01 Å². The Morgan fingerprint density at radius 1 is 1.07 bits per heavy atom. The van der Waals surface area contributed by atoms with Crippen molar-refractivity contribution in [3.05, 3.63) is 46.8 Å². The number of aromatic nitrogens is 3. The van der Waals surface area contributed by atoms with Crippen molar-refractivity contribution in [1.82, 2.24) is 19.9 Å². The summed E-state index contributed by atoms with van der Waals surface area (Å²) in [5.74, 6) is -0.144. The lowest BCUT2D eigenvalue weighted by molar-refractivity contribution is -0.114. The zero-order valence-electron chi connectivity index (χ0n) is 15.9. The molecule has 0 aromatic carbocycles.